The van der Waals surface area contributed by atoms with Crippen LogP contribution in [0, 0.1) is 6.92 Å². The minimum absolute atomic E-state index is 0.215. The minimum atomic E-state index is -0.969. The third-order valence-electron chi connectivity index (χ3n) is 2.88. The third-order valence-corrected chi connectivity index (χ3v) is 2.88. The van der Waals surface area contributed by atoms with Crippen LogP contribution in [-0.2, 0) is 6.54 Å². The molecule has 1 aromatic heterocycles. The first-order valence-corrected chi connectivity index (χ1v) is 5.86. The molecule has 2 aromatic rings. The van der Waals surface area contributed by atoms with Crippen molar-refractivity contribution in [2.75, 3.05) is 17.7 Å². The summed E-state index contributed by atoms with van der Waals surface area (Å²) in [4.78, 5) is 12.8. The van der Waals surface area contributed by atoms with Crippen LogP contribution in [0.1, 0.15) is 21.9 Å². The van der Waals surface area contributed by atoms with Gasteiger partial charge in [0.05, 0.1) is 23.5 Å². The quantitative estimate of drug-likeness (QED) is 0.826. The Morgan fingerprint density at radius 3 is 2.68 bits per heavy atom. The molecule has 1 aromatic carbocycles. The third kappa shape index (κ3) is 2.88. The lowest BCUT2D eigenvalue weighted by Gasteiger charge is -2.20. The summed E-state index contributed by atoms with van der Waals surface area (Å²) >= 11 is 0. The molecule has 100 valence electrons. The van der Waals surface area contributed by atoms with Gasteiger partial charge in [0.1, 0.15) is 11.5 Å². The van der Waals surface area contributed by atoms with E-state index in [1.54, 1.807) is 12.1 Å². The number of carboxylic acid groups (broad SMARTS) is 1. The van der Waals surface area contributed by atoms with Crippen molar-refractivity contribution in [3.05, 3.63) is 47.4 Å². The van der Waals surface area contributed by atoms with Crippen LogP contribution in [0.25, 0.3) is 0 Å². The van der Waals surface area contributed by atoms with Gasteiger partial charge in [-0.2, -0.15) is 0 Å². The van der Waals surface area contributed by atoms with Crippen molar-refractivity contribution in [2.24, 2.45) is 0 Å². The standard InChI is InChI=1S/C14H16N2O3/c1-9-3-5-11(19-9)8-16(2)13-7-10(14(17)18)4-6-12(13)15/h3-7H,8,15H2,1-2H3,(H,17,18). The normalized spacial score (nSPS) is 10.4. The average Bonchev–Trinajstić information content (AvgIpc) is 2.74. The summed E-state index contributed by atoms with van der Waals surface area (Å²) in [6, 6.07) is 8.44. The Hall–Kier alpha value is -2.43. The van der Waals surface area contributed by atoms with Gasteiger partial charge in [-0.1, -0.05) is 0 Å². The van der Waals surface area contributed by atoms with Gasteiger partial charge >= 0.3 is 5.97 Å². The van der Waals surface area contributed by atoms with E-state index in [4.69, 9.17) is 15.3 Å². The van der Waals surface area contributed by atoms with Gasteiger partial charge in [-0.15, -0.1) is 0 Å². The molecule has 19 heavy (non-hydrogen) atoms. The Balaban J connectivity index is 2.25. The van der Waals surface area contributed by atoms with Gasteiger partial charge in [-0.25, -0.2) is 4.79 Å². The van der Waals surface area contributed by atoms with Crippen molar-refractivity contribution in [3.8, 4) is 0 Å². The fourth-order valence-corrected chi connectivity index (χ4v) is 1.90. The Bertz CT molecular complexity index is 604. The molecule has 0 unspecified atom stereocenters. The van der Waals surface area contributed by atoms with Crippen LogP contribution in [0.2, 0.25) is 0 Å². The number of rotatable bonds is 4. The van der Waals surface area contributed by atoms with Crippen LogP contribution < -0.4 is 10.6 Å². The molecule has 5 heteroatoms. The molecule has 0 aliphatic heterocycles. The van der Waals surface area contributed by atoms with Gasteiger partial charge in [0.2, 0.25) is 0 Å². The Morgan fingerprint density at radius 2 is 2.11 bits per heavy atom. The lowest BCUT2D eigenvalue weighted by Crippen LogP contribution is -2.18. The maximum atomic E-state index is 11.0. The first kappa shape index (κ1) is 13.0. The van der Waals surface area contributed by atoms with E-state index in [0.29, 0.717) is 17.9 Å². The van der Waals surface area contributed by atoms with E-state index in [-0.39, 0.29) is 5.56 Å². The highest BCUT2D eigenvalue weighted by atomic mass is 16.4. The zero-order chi connectivity index (χ0) is 14.0. The lowest BCUT2D eigenvalue weighted by molar-refractivity contribution is 0.0697. The van der Waals surface area contributed by atoms with E-state index in [2.05, 4.69) is 0 Å². The molecule has 5 nitrogen and oxygen atoms in total. The molecule has 2 rings (SSSR count). The summed E-state index contributed by atoms with van der Waals surface area (Å²) in [6.45, 7) is 2.41. The number of benzene rings is 1. The van der Waals surface area contributed by atoms with Crippen LogP contribution in [0.5, 0.6) is 0 Å². The molecule has 0 aliphatic rings. The molecule has 0 saturated carbocycles. The van der Waals surface area contributed by atoms with Crippen molar-refractivity contribution in [3.63, 3.8) is 0 Å². The van der Waals surface area contributed by atoms with E-state index < -0.39 is 5.97 Å². The van der Waals surface area contributed by atoms with E-state index in [9.17, 15) is 4.79 Å². The molecule has 0 atom stereocenters. The number of carboxylic acids is 1. The first-order valence-electron chi connectivity index (χ1n) is 5.86. The molecule has 0 fully saturated rings. The monoisotopic (exact) mass is 260 g/mol. The zero-order valence-corrected chi connectivity index (χ0v) is 10.9. The average molecular weight is 260 g/mol. The molecule has 0 radical (unpaired) electrons. The molecule has 0 amide bonds. The van der Waals surface area contributed by atoms with Gasteiger partial charge in [0.15, 0.2) is 0 Å². The number of anilines is 2. The largest absolute Gasteiger partial charge is 0.478 e. The van der Waals surface area contributed by atoms with Crippen molar-refractivity contribution in [2.45, 2.75) is 13.5 Å². The Labute approximate surface area is 111 Å². The zero-order valence-electron chi connectivity index (χ0n) is 10.9. The van der Waals surface area contributed by atoms with Crippen molar-refractivity contribution >= 4 is 17.3 Å². The topological polar surface area (TPSA) is 79.7 Å². The fraction of sp³-hybridized carbons (Fsp3) is 0.214. The highest BCUT2D eigenvalue weighted by Gasteiger charge is 2.11. The summed E-state index contributed by atoms with van der Waals surface area (Å²) in [6.07, 6.45) is 0. The molecule has 1 heterocycles. The van der Waals surface area contributed by atoms with E-state index >= 15 is 0 Å². The SMILES string of the molecule is Cc1ccc(CN(C)c2cc(C(=O)O)ccc2N)o1. The van der Waals surface area contributed by atoms with Crippen LogP contribution in [-0.4, -0.2) is 18.1 Å². The van der Waals surface area contributed by atoms with Crippen LogP contribution in [0.3, 0.4) is 0 Å². The second-order valence-corrected chi connectivity index (χ2v) is 4.45. The molecular weight excluding hydrogens is 244 g/mol. The summed E-state index contributed by atoms with van der Waals surface area (Å²) in [5, 5.41) is 9.00. The summed E-state index contributed by atoms with van der Waals surface area (Å²) in [5.41, 5.74) is 7.31. The summed E-state index contributed by atoms with van der Waals surface area (Å²) in [5.74, 6) is 0.680. The maximum absolute atomic E-state index is 11.0. The second-order valence-electron chi connectivity index (χ2n) is 4.45. The summed E-state index contributed by atoms with van der Waals surface area (Å²) < 4.78 is 5.49. The summed E-state index contributed by atoms with van der Waals surface area (Å²) in [7, 11) is 1.84. The number of nitrogen functional groups attached to an aromatic ring is 1. The number of nitrogens with two attached hydrogens (primary N) is 1. The van der Waals surface area contributed by atoms with E-state index in [0.717, 1.165) is 11.5 Å². The Morgan fingerprint density at radius 1 is 1.37 bits per heavy atom. The molecule has 0 saturated heterocycles. The van der Waals surface area contributed by atoms with Gasteiger partial charge in [-0.05, 0) is 37.3 Å². The lowest BCUT2D eigenvalue weighted by atomic mass is 10.1. The number of furan rings is 1. The van der Waals surface area contributed by atoms with Gasteiger partial charge in [0.25, 0.3) is 0 Å². The number of carbonyl (C=O) groups is 1. The maximum Gasteiger partial charge on any atom is 0.335 e. The second kappa shape index (κ2) is 5.06. The number of aromatic carboxylic acids is 1. The van der Waals surface area contributed by atoms with Crippen molar-refractivity contribution < 1.29 is 14.3 Å². The minimum Gasteiger partial charge on any atom is -0.478 e. The fourth-order valence-electron chi connectivity index (χ4n) is 1.90. The molecule has 0 bridgehead atoms. The predicted molar refractivity (Wildman–Crippen MR) is 73.4 cm³/mol. The van der Waals surface area contributed by atoms with Gasteiger partial charge in [0, 0.05) is 7.05 Å². The number of nitrogens with zero attached hydrogens (tertiary/aromatic N) is 1. The number of aryl methyl sites for hydroxylation is 1. The first-order chi connectivity index (χ1) is 8.97. The molecular formula is C14H16N2O3. The highest BCUT2D eigenvalue weighted by Crippen LogP contribution is 2.25. The van der Waals surface area contributed by atoms with E-state index in [1.165, 1.54) is 6.07 Å². The van der Waals surface area contributed by atoms with Crippen molar-refractivity contribution in [1.82, 2.24) is 0 Å². The van der Waals surface area contributed by atoms with E-state index in [1.807, 2.05) is 31.0 Å². The van der Waals surface area contributed by atoms with Crippen LogP contribution in [0.4, 0.5) is 11.4 Å². The van der Waals surface area contributed by atoms with Crippen LogP contribution in [0.15, 0.2) is 34.7 Å². The highest BCUT2D eigenvalue weighted by molar-refractivity contribution is 5.90. The molecule has 3 N–H and O–H groups in total. The number of hydrogen-bond acceptors (Lipinski definition) is 4. The number of hydrogen-bond donors (Lipinski definition) is 2. The van der Waals surface area contributed by atoms with Gasteiger partial charge < -0.3 is 20.2 Å². The van der Waals surface area contributed by atoms with Gasteiger partial charge in [-0.3, -0.25) is 0 Å². The molecule has 0 aliphatic carbocycles. The Kier molecular flexibility index (Phi) is 3.46. The molecule has 0 spiro atoms. The van der Waals surface area contributed by atoms with Crippen LogP contribution >= 0.6 is 0 Å². The van der Waals surface area contributed by atoms with Crippen molar-refractivity contribution in [1.29, 1.82) is 0 Å². The predicted octanol–water partition coefficient (Wildman–Crippen LogP) is 2.50. The smallest absolute Gasteiger partial charge is 0.335 e.